The van der Waals surface area contributed by atoms with Crippen molar-refractivity contribution in [2.24, 2.45) is 0 Å². The minimum absolute atomic E-state index is 0.0794. The normalized spacial score (nSPS) is 15.7. The van der Waals surface area contributed by atoms with Crippen LogP contribution in [0, 0.1) is 6.92 Å². The first-order chi connectivity index (χ1) is 20.4. The molecule has 42 heavy (non-hydrogen) atoms. The molecule has 1 atom stereocenters. The second kappa shape index (κ2) is 11.4. The van der Waals surface area contributed by atoms with Gasteiger partial charge in [-0.1, -0.05) is 0 Å². The van der Waals surface area contributed by atoms with Crippen molar-refractivity contribution in [3.05, 3.63) is 78.8 Å². The maximum Gasteiger partial charge on any atom is 0.284 e. The van der Waals surface area contributed by atoms with Gasteiger partial charge in [-0.3, -0.25) is 9.69 Å². The summed E-state index contributed by atoms with van der Waals surface area (Å²) in [6, 6.07) is 12.3. The van der Waals surface area contributed by atoms with Crippen LogP contribution in [0.1, 0.15) is 18.4 Å². The molecule has 12 heteroatoms. The molecule has 0 bridgehead atoms. The number of likely N-dealkylation sites (N-methyl/N-ethyl adjacent to an activating group) is 1. The summed E-state index contributed by atoms with van der Waals surface area (Å²) in [4.78, 5) is 27.6. The van der Waals surface area contributed by atoms with Gasteiger partial charge in [0.05, 0.1) is 18.3 Å². The number of fused-ring (bicyclic) bond motifs is 2. The molecule has 6 rings (SSSR count). The lowest BCUT2D eigenvalue weighted by Crippen LogP contribution is -2.24. The fraction of sp³-hybridized carbons (Fsp3) is 0.233. The number of pyridine rings is 1. The average Bonchev–Trinajstić information content (AvgIpc) is 3.62. The van der Waals surface area contributed by atoms with Crippen LogP contribution in [-0.4, -0.2) is 62.1 Å². The highest BCUT2D eigenvalue weighted by Gasteiger charge is 2.21. The number of hydrogen-bond donors (Lipinski definition) is 2. The smallest absolute Gasteiger partial charge is 0.284 e. The van der Waals surface area contributed by atoms with Crippen molar-refractivity contribution < 1.29 is 18.7 Å². The zero-order valence-electron chi connectivity index (χ0n) is 23.3. The van der Waals surface area contributed by atoms with Gasteiger partial charge in [-0.25, -0.2) is 23.9 Å². The Morgan fingerprint density at radius 2 is 1.98 bits per heavy atom. The highest BCUT2D eigenvalue weighted by atomic mass is 19.1. The lowest BCUT2D eigenvalue weighted by Gasteiger charge is -2.16. The number of hydrogen-bond acceptors (Lipinski definition) is 9. The van der Waals surface area contributed by atoms with Crippen molar-refractivity contribution in [3.63, 3.8) is 0 Å². The van der Waals surface area contributed by atoms with Gasteiger partial charge >= 0.3 is 0 Å². The summed E-state index contributed by atoms with van der Waals surface area (Å²) in [6.45, 7) is 2.81. The van der Waals surface area contributed by atoms with Crippen LogP contribution in [0.3, 0.4) is 0 Å². The first-order valence-electron chi connectivity index (χ1n) is 13.4. The summed E-state index contributed by atoms with van der Waals surface area (Å²) < 4.78 is 28.1. The molecule has 0 spiro atoms. The first kappa shape index (κ1) is 27.1. The number of rotatable bonds is 8. The van der Waals surface area contributed by atoms with E-state index in [0.717, 1.165) is 24.9 Å². The quantitative estimate of drug-likeness (QED) is 0.237. The highest BCUT2D eigenvalue weighted by Crippen LogP contribution is 2.37. The van der Waals surface area contributed by atoms with E-state index in [1.807, 2.05) is 24.9 Å². The van der Waals surface area contributed by atoms with Crippen LogP contribution in [0.4, 0.5) is 21.6 Å². The van der Waals surface area contributed by atoms with Gasteiger partial charge in [0.2, 0.25) is 0 Å². The predicted octanol–water partition coefficient (Wildman–Crippen LogP) is 5.41. The molecule has 1 unspecified atom stereocenters. The number of benzene rings is 2. The molecule has 0 saturated carbocycles. The lowest BCUT2D eigenvalue weighted by molar-refractivity contribution is -0.114. The Labute approximate surface area is 241 Å². The van der Waals surface area contributed by atoms with Crippen molar-refractivity contribution in [2.75, 3.05) is 31.3 Å². The number of nitrogens with zero attached hydrogens (tertiary/aromatic N) is 6. The first-order valence-corrected chi connectivity index (χ1v) is 13.4. The van der Waals surface area contributed by atoms with Crippen molar-refractivity contribution in [1.82, 2.24) is 29.5 Å². The van der Waals surface area contributed by atoms with Gasteiger partial charge in [-0.15, -0.1) is 0 Å². The number of aromatic nitrogens is 5. The number of methoxy groups -OCH3 is 1. The maximum atomic E-state index is 14.7. The number of carbonyl (C=O) groups excluding carboxylic acids is 1. The van der Waals surface area contributed by atoms with E-state index < -0.39 is 11.7 Å². The molecule has 3 aromatic heterocycles. The molecule has 214 valence electrons. The summed E-state index contributed by atoms with van der Waals surface area (Å²) in [6.07, 6.45) is 7.89. The third kappa shape index (κ3) is 5.56. The summed E-state index contributed by atoms with van der Waals surface area (Å²) in [5, 5.41) is 10.7. The number of likely N-dealkylation sites (tertiary alicyclic amines) is 1. The van der Waals surface area contributed by atoms with Crippen LogP contribution in [0.2, 0.25) is 0 Å². The molecule has 1 aliphatic rings. The van der Waals surface area contributed by atoms with Crippen molar-refractivity contribution in [3.8, 4) is 17.2 Å². The molecule has 5 aromatic rings. The second-order valence-corrected chi connectivity index (χ2v) is 10.1. The fourth-order valence-electron chi connectivity index (χ4n) is 4.98. The van der Waals surface area contributed by atoms with Gasteiger partial charge < -0.3 is 20.1 Å². The number of anilines is 3. The van der Waals surface area contributed by atoms with Gasteiger partial charge in [-0.05, 0) is 75.3 Å². The molecule has 0 radical (unpaired) electrons. The second-order valence-electron chi connectivity index (χ2n) is 10.1. The van der Waals surface area contributed by atoms with E-state index in [4.69, 9.17) is 9.47 Å². The van der Waals surface area contributed by atoms with E-state index in [9.17, 15) is 9.18 Å². The Morgan fingerprint density at radius 1 is 1.10 bits per heavy atom. The molecule has 2 N–H and O–H groups in total. The van der Waals surface area contributed by atoms with Gasteiger partial charge in [0.15, 0.2) is 11.5 Å². The minimum atomic E-state index is -0.805. The van der Waals surface area contributed by atoms with E-state index in [1.165, 1.54) is 18.7 Å². The molecule has 1 saturated heterocycles. The van der Waals surface area contributed by atoms with Crippen LogP contribution in [-0.2, 0) is 4.79 Å². The van der Waals surface area contributed by atoms with E-state index in [2.05, 4.69) is 30.7 Å². The molecule has 0 aliphatic carbocycles. The van der Waals surface area contributed by atoms with Gasteiger partial charge in [0, 0.05) is 35.4 Å². The Balaban J connectivity index is 1.24. The van der Waals surface area contributed by atoms with Crippen LogP contribution in [0.25, 0.3) is 16.6 Å². The zero-order chi connectivity index (χ0) is 29.2. The van der Waals surface area contributed by atoms with E-state index in [1.54, 1.807) is 54.2 Å². The molecule has 2 aromatic carbocycles. The Hall–Kier alpha value is -5.10. The Kier molecular flexibility index (Phi) is 7.36. The highest BCUT2D eigenvalue weighted by molar-refractivity contribution is 6.04. The molecule has 1 fully saturated rings. The SMILES string of the molecule is COc1cc(Oc2ccn3ncnc3c2)c(C)cc1Nc1ncnc2ccc(NC(=O)/C(F)=C\C3CCCN3C)cc12. The maximum absolute atomic E-state index is 14.7. The third-order valence-electron chi connectivity index (χ3n) is 7.26. The number of aryl methyl sites for hydroxylation is 1. The minimum Gasteiger partial charge on any atom is -0.494 e. The van der Waals surface area contributed by atoms with Gasteiger partial charge in [0.1, 0.15) is 35.7 Å². The fourth-order valence-corrected chi connectivity index (χ4v) is 4.98. The van der Waals surface area contributed by atoms with Crippen molar-refractivity contribution in [2.45, 2.75) is 25.8 Å². The largest absolute Gasteiger partial charge is 0.494 e. The van der Waals surface area contributed by atoms with Crippen molar-refractivity contribution >= 4 is 39.6 Å². The number of nitrogens with one attached hydrogen (secondary N) is 2. The predicted molar refractivity (Wildman–Crippen MR) is 157 cm³/mol. The standard InChI is InChI=1S/C30H29FN8O3/c1-18-11-25(27(41-3)15-26(18)42-21-8-10-39-28(14-21)33-17-35-39)37-29-22-12-19(6-7-24(22)32-16-34-29)36-30(40)23(31)13-20-5-4-9-38(20)2/h6-8,10-17,20H,4-5,9H2,1-3H3,(H,36,40)(H,32,34,37)/b23-13+. The van der Waals surface area contributed by atoms with E-state index in [0.29, 0.717) is 51.0 Å². The molecule has 11 nitrogen and oxygen atoms in total. The Bertz CT molecular complexity index is 1820. The molecule has 4 heterocycles. The summed E-state index contributed by atoms with van der Waals surface area (Å²) in [5.41, 5.74) is 3.24. The summed E-state index contributed by atoms with van der Waals surface area (Å²) >= 11 is 0. The summed E-state index contributed by atoms with van der Waals surface area (Å²) in [7, 11) is 3.49. The number of carbonyl (C=O) groups is 1. The van der Waals surface area contributed by atoms with Gasteiger partial charge in [0.25, 0.3) is 5.91 Å². The van der Waals surface area contributed by atoms with Crippen LogP contribution >= 0.6 is 0 Å². The van der Waals surface area contributed by atoms with E-state index in [-0.39, 0.29) is 6.04 Å². The lowest BCUT2D eigenvalue weighted by atomic mass is 10.1. The Morgan fingerprint density at radius 3 is 2.79 bits per heavy atom. The molecule has 1 amide bonds. The van der Waals surface area contributed by atoms with Crippen LogP contribution in [0.5, 0.6) is 17.2 Å². The summed E-state index contributed by atoms with van der Waals surface area (Å²) in [5.74, 6) is 0.636. The van der Waals surface area contributed by atoms with Crippen LogP contribution < -0.4 is 20.1 Å². The third-order valence-corrected chi connectivity index (χ3v) is 7.26. The number of ether oxygens (including phenoxy) is 2. The molecular formula is C30H29FN8O3. The zero-order valence-corrected chi connectivity index (χ0v) is 23.3. The van der Waals surface area contributed by atoms with Crippen LogP contribution in [0.15, 0.2) is 73.2 Å². The molecular weight excluding hydrogens is 539 g/mol. The van der Waals surface area contributed by atoms with Crippen molar-refractivity contribution in [1.29, 1.82) is 0 Å². The monoisotopic (exact) mass is 568 g/mol. The van der Waals surface area contributed by atoms with Gasteiger partial charge in [-0.2, -0.15) is 5.10 Å². The number of amides is 1. The van der Waals surface area contributed by atoms with E-state index >= 15 is 0 Å². The molecule has 1 aliphatic heterocycles. The topological polar surface area (TPSA) is 119 Å². The number of halogens is 1. The average molecular weight is 569 g/mol.